The van der Waals surface area contributed by atoms with Gasteiger partial charge in [-0.25, -0.2) is 19.6 Å². The molecule has 2 aromatic carbocycles. The van der Waals surface area contributed by atoms with E-state index in [1.54, 1.807) is 30.3 Å². The number of hydrogen-bond acceptors (Lipinski definition) is 11. The molecule has 1 amide bonds. The predicted octanol–water partition coefficient (Wildman–Crippen LogP) is 2.46. The zero-order valence-electron chi connectivity index (χ0n) is 17.9. The number of nitrogens with zero attached hydrogens (tertiary/aromatic N) is 3. The molecule has 3 rings (SSSR count). The van der Waals surface area contributed by atoms with Gasteiger partial charge < -0.3 is 14.8 Å². The van der Waals surface area contributed by atoms with Crippen LogP contribution in [0.4, 0.5) is 23.0 Å². The van der Waals surface area contributed by atoms with Gasteiger partial charge in [0.25, 0.3) is 5.91 Å². The summed E-state index contributed by atoms with van der Waals surface area (Å²) < 4.78 is 9.36. The van der Waals surface area contributed by atoms with E-state index in [1.165, 1.54) is 18.2 Å². The van der Waals surface area contributed by atoms with Crippen LogP contribution in [0.5, 0.6) is 0 Å². The van der Waals surface area contributed by atoms with E-state index in [2.05, 4.69) is 35.6 Å². The van der Waals surface area contributed by atoms with Crippen LogP contribution < -0.4 is 16.2 Å². The molecule has 13 nitrogen and oxygen atoms in total. The number of carbonyl (C=O) groups excluding carboxylic acids is 3. The highest BCUT2D eigenvalue weighted by atomic mass is 16.6. The fourth-order valence-corrected chi connectivity index (χ4v) is 2.82. The summed E-state index contributed by atoms with van der Waals surface area (Å²) in [6, 6.07) is 12.1. The van der Waals surface area contributed by atoms with E-state index in [1.807, 2.05) is 0 Å². The van der Waals surface area contributed by atoms with Crippen molar-refractivity contribution in [3.63, 3.8) is 0 Å². The van der Waals surface area contributed by atoms with Crippen molar-refractivity contribution in [2.24, 2.45) is 0 Å². The number of hydrogen-bond donors (Lipinski definition) is 3. The first kappa shape index (κ1) is 23.6. The largest absolute Gasteiger partial charge is 0.465 e. The normalized spacial score (nSPS) is 10.1. The first-order valence-corrected chi connectivity index (χ1v) is 9.53. The minimum Gasteiger partial charge on any atom is -0.465 e. The van der Waals surface area contributed by atoms with Gasteiger partial charge in [0, 0.05) is 11.3 Å². The Balaban J connectivity index is 1.93. The first-order chi connectivity index (χ1) is 16.3. The van der Waals surface area contributed by atoms with Crippen LogP contribution in [0.15, 0.2) is 54.9 Å². The topological polar surface area (TPSA) is 175 Å². The molecule has 0 saturated heterocycles. The molecule has 0 aliphatic carbocycles. The number of nitrogens with one attached hydrogen (secondary N) is 3. The Bertz CT molecular complexity index is 1220. The summed E-state index contributed by atoms with van der Waals surface area (Å²) in [7, 11) is 2.33. The highest BCUT2D eigenvalue weighted by Crippen LogP contribution is 2.31. The summed E-state index contributed by atoms with van der Waals surface area (Å²) in [6.45, 7) is 0. The number of rotatable bonds is 8. The van der Waals surface area contributed by atoms with Gasteiger partial charge in [0.05, 0.1) is 30.3 Å². The van der Waals surface area contributed by atoms with Gasteiger partial charge in [-0.05, 0) is 30.3 Å². The fraction of sp³-hybridized carbons (Fsp3) is 0.0952. The van der Waals surface area contributed by atoms with Crippen molar-refractivity contribution in [3.8, 4) is 0 Å². The molecule has 0 saturated carbocycles. The molecule has 0 atom stereocenters. The summed E-state index contributed by atoms with van der Waals surface area (Å²) >= 11 is 0. The maximum Gasteiger partial charge on any atom is 0.355 e. The predicted molar refractivity (Wildman–Crippen MR) is 119 cm³/mol. The van der Waals surface area contributed by atoms with Crippen molar-refractivity contribution in [2.75, 3.05) is 25.0 Å². The van der Waals surface area contributed by atoms with Crippen LogP contribution >= 0.6 is 0 Å². The van der Waals surface area contributed by atoms with Crippen LogP contribution in [0.1, 0.15) is 31.1 Å². The van der Waals surface area contributed by atoms with Crippen LogP contribution in [-0.4, -0.2) is 47.0 Å². The second kappa shape index (κ2) is 10.5. The minimum atomic E-state index is -0.759. The molecule has 13 heteroatoms. The lowest BCUT2D eigenvalue weighted by Gasteiger charge is -2.12. The Kier molecular flexibility index (Phi) is 7.28. The molecule has 0 radical (unpaired) electrons. The SMILES string of the molecule is COC(=O)c1cc(Nc2ncnc(NNC(=O)c3ccccc3)c2[N+](=O)[O-])cc(C(=O)OC)c1. The van der Waals surface area contributed by atoms with E-state index in [0.717, 1.165) is 20.5 Å². The number of ether oxygens (including phenoxy) is 2. The number of nitro groups is 1. The van der Waals surface area contributed by atoms with Crippen molar-refractivity contribution in [1.29, 1.82) is 0 Å². The maximum absolute atomic E-state index is 12.2. The molecule has 0 aliphatic heterocycles. The van der Waals surface area contributed by atoms with Gasteiger partial charge in [-0.1, -0.05) is 18.2 Å². The summed E-state index contributed by atoms with van der Waals surface area (Å²) in [5.74, 6) is -2.59. The minimum absolute atomic E-state index is 0.00178. The van der Waals surface area contributed by atoms with Gasteiger partial charge >= 0.3 is 17.6 Å². The summed E-state index contributed by atoms with van der Waals surface area (Å²) in [6.07, 6.45) is 1.03. The molecule has 0 fully saturated rings. The number of carbonyl (C=O) groups is 3. The summed E-state index contributed by atoms with van der Waals surface area (Å²) in [4.78, 5) is 54.9. The fourth-order valence-electron chi connectivity index (χ4n) is 2.82. The lowest BCUT2D eigenvalue weighted by atomic mass is 10.1. The zero-order valence-corrected chi connectivity index (χ0v) is 17.9. The number of esters is 2. The average molecular weight is 466 g/mol. The molecule has 0 spiro atoms. The molecular formula is C21H18N6O7. The summed E-state index contributed by atoms with van der Waals surface area (Å²) in [5.41, 5.74) is 4.58. The molecule has 0 bridgehead atoms. The van der Waals surface area contributed by atoms with Gasteiger partial charge in [-0.2, -0.15) is 0 Å². The Labute approximate surface area is 192 Å². The molecule has 0 unspecified atom stereocenters. The molecule has 1 aromatic heterocycles. The number of hydrazine groups is 1. The Morgan fingerprint density at radius 3 is 2.03 bits per heavy atom. The van der Waals surface area contributed by atoms with Gasteiger partial charge in [-0.15, -0.1) is 0 Å². The average Bonchev–Trinajstić information content (AvgIpc) is 2.86. The monoisotopic (exact) mass is 466 g/mol. The highest BCUT2D eigenvalue weighted by Gasteiger charge is 2.24. The van der Waals surface area contributed by atoms with Crippen molar-refractivity contribution in [1.82, 2.24) is 15.4 Å². The Morgan fingerprint density at radius 1 is 0.882 bits per heavy atom. The van der Waals surface area contributed by atoms with Gasteiger partial charge in [0.2, 0.25) is 11.6 Å². The number of methoxy groups -OCH3 is 2. The van der Waals surface area contributed by atoms with E-state index in [4.69, 9.17) is 0 Å². The standard InChI is InChI=1S/C21H18N6O7/c1-33-20(29)13-8-14(21(30)34-2)10-15(9-13)24-17-16(27(31)32)18(23-11-22-17)25-26-19(28)12-6-4-3-5-7-12/h3-11H,1-2H3,(H,26,28)(H2,22,23,24,25). The first-order valence-electron chi connectivity index (χ1n) is 9.53. The van der Waals surface area contributed by atoms with Gasteiger partial charge in [0.1, 0.15) is 6.33 Å². The molecule has 3 aromatic rings. The van der Waals surface area contributed by atoms with Crippen molar-refractivity contribution >= 4 is 40.9 Å². The molecule has 3 N–H and O–H groups in total. The van der Waals surface area contributed by atoms with Crippen molar-refractivity contribution < 1.29 is 28.8 Å². The van der Waals surface area contributed by atoms with Crippen LogP contribution in [0, 0.1) is 10.1 Å². The van der Waals surface area contributed by atoms with Crippen molar-refractivity contribution in [2.45, 2.75) is 0 Å². The molecular weight excluding hydrogens is 448 g/mol. The quantitative estimate of drug-likeness (QED) is 0.253. The van der Waals surface area contributed by atoms with Gasteiger partial charge in [0.15, 0.2) is 0 Å². The lowest BCUT2D eigenvalue weighted by molar-refractivity contribution is -0.383. The van der Waals surface area contributed by atoms with Crippen LogP contribution in [0.25, 0.3) is 0 Å². The molecule has 174 valence electrons. The third-order valence-corrected chi connectivity index (χ3v) is 4.37. The zero-order chi connectivity index (χ0) is 24.7. The highest BCUT2D eigenvalue weighted by molar-refractivity contribution is 5.97. The van der Waals surface area contributed by atoms with E-state index in [-0.39, 0.29) is 28.5 Å². The smallest absolute Gasteiger partial charge is 0.355 e. The number of aromatic nitrogens is 2. The molecule has 34 heavy (non-hydrogen) atoms. The van der Waals surface area contributed by atoms with Crippen molar-refractivity contribution in [3.05, 3.63) is 81.7 Å². The number of benzene rings is 2. The number of anilines is 3. The summed E-state index contributed by atoms with van der Waals surface area (Å²) in [5, 5.41) is 14.5. The van der Waals surface area contributed by atoms with E-state index in [0.29, 0.717) is 5.56 Å². The third kappa shape index (κ3) is 5.40. The molecule has 0 aliphatic rings. The lowest BCUT2D eigenvalue weighted by Crippen LogP contribution is -2.30. The Morgan fingerprint density at radius 2 is 1.47 bits per heavy atom. The maximum atomic E-state index is 12.2. The van der Waals surface area contributed by atoms with Crippen LogP contribution in [0.3, 0.4) is 0 Å². The van der Waals surface area contributed by atoms with Crippen LogP contribution in [-0.2, 0) is 9.47 Å². The van der Waals surface area contributed by atoms with E-state index < -0.39 is 28.5 Å². The second-order valence-electron chi connectivity index (χ2n) is 6.53. The van der Waals surface area contributed by atoms with Crippen LogP contribution in [0.2, 0.25) is 0 Å². The second-order valence-corrected chi connectivity index (χ2v) is 6.53. The molecule has 1 heterocycles. The third-order valence-electron chi connectivity index (χ3n) is 4.37. The Hall–Kier alpha value is -5.07. The van der Waals surface area contributed by atoms with E-state index >= 15 is 0 Å². The van der Waals surface area contributed by atoms with E-state index in [9.17, 15) is 24.5 Å². The number of amides is 1. The van der Waals surface area contributed by atoms with Gasteiger partial charge in [-0.3, -0.25) is 25.8 Å².